The van der Waals surface area contributed by atoms with Crippen molar-refractivity contribution in [1.82, 2.24) is 19.7 Å². The maximum absolute atomic E-state index is 13.9. The molecule has 0 aliphatic heterocycles. The summed E-state index contributed by atoms with van der Waals surface area (Å²) in [6, 6.07) is 14.5. The molecular weight excluding hydrogens is 449 g/mol. The van der Waals surface area contributed by atoms with E-state index in [2.05, 4.69) is 15.1 Å². The first-order valence-corrected chi connectivity index (χ1v) is 10.8. The first-order chi connectivity index (χ1) is 16.7. The Kier molecular flexibility index (Phi) is 6.66. The van der Waals surface area contributed by atoms with Crippen LogP contribution in [-0.2, 0) is 6.42 Å². The molecule has 0 aliphatic rings. The molecule has 1 N–H and O–H groups in total. The van der Waals surface area contributed by atoms with Crippen LogP contribution in [0.15, 0.2) is 71.9 Å². The Bertz CT molecular complexity index is 1450. The molecule has 0 spiro atoms. The van der Waals surface area contributed by atoms with Crippen molar-refractivity contribution < 1.29 is 14.2 Å². The van der Waals surface area contributed by atoms with E-state index < -0.39 is 11.4 Å². The van der Waals surface area contributed by atoms with Crippen molar-refractivity contribution in [2.75, 3.05) is 6.61 Å². The van der Waals surface area contributed by atoms with E-state index in [0.717, 1.165) is 17.2 Å². The SMILES string of the molecule is CC(C)(O)COc1cnc(-c2cccc(Cc3nn(-c4cc(F)cc(C#N)c4)ccc3=O)c2)nc1. The molecule has 0 saturated heterocycles. The van der Waals surface area contributed by atoms with Crippen LogP contribution in [-0.4, -0.2) is 37.1 Å². The molecule has 0 aliphatic carbocycles. The van der Waals surface area contributed by atoms with E-state index in [1.165, 1.54) is 41.5 Å². The van der Waals surface area contributed by atoms with Crippen molar-refractivity contribution in [1.29, 1.82) is 5.26 Å². The van der Waals surface area contributed by atoms with Crippen LogP contribution in [0.5, 0.6) is 5.75 Å². The number of aliphatic hydroxyl groups is 1. The summed E-state index contributed by atoms with van der Waals surface area (Å²) in [6.07, 6.45) is 4.74. The van der Waals surface area contributed by atoms with Gasteiger partial charge >= 0.3 is 0 Å². The molecule has 2 heterocycles. The van der Waals surface area contributed by atoms with Crippen molar-refractivity contribution >= 4 is 0 Å². The van der Waals surface area contributed by atoms with Gasteiger partial charge in [0.1, 0.15) is 18.1 Å². The molecule has 176 valence electrons. The molecule has 0 saturated carbocycles. The van der Waals surface area contributed by atoms with Gasteiger partial charge in [0.05, 0.1) is 35.3 Å². The third kappa shape index (κ3) is 6.13. The molecule has 4 rings (SSSR count). The van der Waals surface area contributed by atoms with Gasteiger partial charge in [-0.3, -0.25) is 4.79 Å². The lowest BCUT2D eigenvalue weighted by atomic mass is 10.1. The number of aromatic nitrogens is 4. The molecule has 0 bridgehead atoms. The zero-order chi connectivity index (χ0) is 25.0. The number of halogens is 1. The maximum Gasteiger partial charge on any atom is 0.203 e. The van der Waals surface area contributed by atoms with E-state index in [9.17, 15) is 14.3 Å². The normalized spacial score (nSPS) is 11.2. The Labute approximate surface area is 200 Å². The van der Waals surface area contributed by atoms with Gasteiger partial charge in [0.15, 0.2) is 11.6 Å². The number of rotatable bonds is 7. The highest BCUT2D eigenvalue weighted by Gasteiger charge is 2.14. The molecule has 4 aromatic rings. The average Bonchev–Trinajstić information content (AvgIpc) is 2.84. The number of benzene rings is 2. The smallest absolute Gasteiger partial charge is 0.203 e. The van der Waals surface area contributed by atoms with Crippen molar-refractivity contribution in [3.63, 3.8) is 0 Å². The van der Waals surface area contributed by atoms with Gasteiger partial charge in [-0.2, -0.15) is 10.4 Å². The van der Waals surface area contributed by atoms with Gasteiger partial charge in [0.25, 0.3) is 0 Å². The summed E-state index contributed by atoms with van der Waals surface area (Å²) in [7, 11) is 0. The third-order valence-corrected chi connectivity index (χ3v) is 4.93. The topological polar surface area (TPSA) is 114 Å². The highest BCUT2D eigenvalue weighted by atomic mass is 19.1. The monoisotopic (exact) mass is 471 g/mol. The van der Waals surface area contributed by atoms with Crippen molar-refractivity contribution in [3.05, 3.63) is 100.0 Å². The minimum atomic E-state index is -0.969. The Morgan fingerprint density at radius 3 is 2.63 bits per heavy atom. The molecule has 8 nitrogen and oxygen atoms in total. The summed E-state index contributed by atoms with van der Waals surface area (Å²) in [6.45, 7) is 3.40. The van der Waals surface area contributed by atoms with Crippen LogP contribution >= 0.6 is 0 Å². The zero-order valence-corrected chi connectivity index (χ0v) is 19.1. The predicted molar refractivity (Wildman–Crippen MR) is 127 cm³/mol. The van der Waals surface area contributed by atoms with E-state index in [-0.39, 0.29) is 29.7 Å². The highest BCUT2D eigenvalue weighted by molar-refractivity contribution is 5.56. The molecule has 35 heavy (non-hydrogen) atoms. The van der Waals surface area contributed by atoms with Gasteiger partial charge in [-0.1, -0.05) is 18.2 Å². The molecular formula is C26H22FN5O3. The lowest BCUT2D eigenvalue weighted by molar-refractivity contribution is 0.0282. The fourth-order valence-electron chi connectivity index (χ4n) is 3.30. The number of nitriles is 1. The zero-order valence-electron chi connectivity index (χ0n) is 19.1. The van der Waals surface area contributed by atoms with E-state index in [1.807, 2.05) is 30.3 Å². The van der Waals surface area contributed by atoms with Crippen molar-refractivity contribution in [2.24, 2.45) is 0 Å². The largest absolute Gasteiger partial charge is 0.487 e. The minimum Gasteiger partial charge on any atom is -0.487 e. The van der Waals surface area contributed by atoms with Crippen LogP contribution in [0.25, 0.3) is 17.1 Å². The van der Waals surface area contributed by atoms with Gasteiger partial charge in [-0.25, -0.2) is 19.0 Å². The van der Waals surface area contributed by atoms with E-state index >= 15 is 0 Å². The second kappa shape index (κ2) is 9.83. The van der Waals surface area contributed by atoms with E-state index in [1.54, 1.807) is 13.8 Å². The number of ether oxygens (including phenoxy) is 1. The quantitative estimate of drug-likeness (QED) is 0.439. The summed E-state index contributed by atoms with van der Waals surface area (Å²) in [5, 5.41) is 23.2. The summed E-state index contributed by atoms with van der Waals surface area (Å²) in [5.74, 6) is 0.355. The fraction of sp³-hybridized carbons (Fsp3) is 0.192. The number of hydrogen-bond acceptors (Lipinski definition) is 7. The standard InChI is InChI=1S/C26H22FN5O3/c1-26(2,34)16-35-22-14-29-25(30-15-22)19-5-3-4-17(8-19)11-23-24(33)6-7-32(31-23)21-10-18(13-28)9-20(27)12-21/h3-10,12,14-15,34H,11,16H2,1-2H3. The van der Waals surface area contributed by atoms with Crippen LogP contribution in [0, 0.1) is 17.1 Å². The third-order valence-electron chi connectivity index (χ3n) is 4.93. The number of hydrogen-bond donors (Lipinski definition) is 1. The molecule has 2 aromatic heterocycles. The maximum atomic E-state index is 13.9. The van der Waals surface area contributed by atoms with E-state index in [4.69, 9.17) is 10.00 Å². The molecule has 0 fully saturated rings. The van der Waals surface area contributed by atoms with Gasteiger partial charge in [-0.15, -0.1) is 0 Å². The van der Waals surface area contributed by atoms with Crippen LogP contribution in [0.4, 0.5) is 4.39 Å². The van der Waals surface area contributed by atoms with Crippen LogP contribution < -0.4 is 10.2 Å². The van der Waals surface area contributed by atoms with E-state index in [0.29, 0.717) is 17.3 Å². The first kappa shape index (κ1) is 23.7. The van der Waals surface area contributed by atoms with Crippen LogP contribution in [0.2, 0.25) is 0 Å². The molecule has 0 amide bonds. The second-order valence-electron chi connectivity index (χ2n) is 8.60. The number of nitrogens with zero attached hydrogens (tertiary/aromatic N) is 5. The molecule has 9 heteroatoms. The average molecular weight is 471 g/mol. The second-order valence-corrected chi connectivity index (χ2v) is 8.60. The Balaban J connectivity index is 1.56. The first-order valence-electron chi connectivity index (χ1n) is 10.8. The van der Waals surface area contributed by atoms with Gasteiger partial charge in [0.2, 0.25) is 5.43 Å². The summed E-state index contributed by atoms with van der Waals surface area (Å²) < 4.78 is 20.7. The van der Waals surface area contributed by atoms with Crippen LogP contribution in [0.3, 0.4) is 0 Å². The summed E-state index contributed by atoms with van der Waals surface area (Å²) in [5.41, 5.74) is 1.10. The lowest BCUT2D eigenvalue weighted by Gasteiger charge is -2.17. The van der Waals surface area contributed by atoms with Crippen LogP contribution in [0.1, 0.15) is 30.7 Å². The summed E-state index contributed by atoms with van der Waals surface area (Å²) in [4.78, 5) is 21.1. The molecule has 2 aromatic carbocycles. The Hall–Kier alpha value is -4.42. The molecule has 0 radical (unpaired) electrons. The summed E-state index contributed by atoms with van der Waals surface area (Å²) >= 11 is 0. The van der Waals surface area contributed by atoms with Gasteiger partial charge < -0.3 is 9.84 Å². The predicted octanol–water partition coefficient (Wildman–Crippen LogP) is 3.44. The highest BCUT2D eigenvalue weighted by Crippen LogP contribution is 2.20. The van der Waals surface area contributed by atoms with Gasteiger partial charge in [-0.05, 0) is 43.7 Å². The molecule has 0 unspecified atom stereocenters. The fourth-order valence-corrected chi connectivity index (χ4v) is 3.30. The Morgan fingerprint density at radius 2 is 1.91 bits per heavy atom. The van der Waals surface area contributed by atoms with Crippen molar-refractivity contribution in [3.8, 4) is 28.9 Å². The molecule has 0 atom stereocenters. The Morgan fingerprint density at radius 1 is 1.14 bits per heavy atom. The minimum absolute atomic E-state index is 0.111. The van der Waals surface area contributed by atoms with Crippen molar-refractivity contribution in [2.45, 2.75) is 25.9 Å². The lowest BCUT2D eigenvalue weighted by Crippen LogP contribution is -2.27. The van der Waals surface area contributed by atoms with Gasteiger partial charge in [0, 0.05) is 24.2 Å².